The highest BCUT2D eigenvalue weighted by Crippen LogP contribution is 2.06. The third-order valence-corrected chi connectivity index (χ3v) is 3.09. The number of hydrogen-bond acceptors (Lipinski definition) is 2. The maximum absolute atomic E-state index is 10.8. The maximum Gasteiger partial charge on any atom is 0.330 e. The summed E-state index contributed by atoms with van der Waals surface area (Å²) < 4.78 is 4.52. The molecule has 0 saturated heterocycles. The SMILES string of the molecule is CCCCCC/C=C\CCCCC/C=C/C(=O)OC. The molecule has 0 spiro atoms. The van der Waals surface area contributed by atoms with Crippen molar-refractivity contribution in [1.82, 2.24) is 0 Å². The van der Waals surface area contributed by atoms with Crippen LogP contribution in [0.3, 0.4) is 0 Å². The summed E-state index contributed by atoms with van der Waals surface area (Å²) in [7, 11) is 1.40. The highest BCUT2D eigenvalue weighted by molar-refractivity contribution is 5.81. The molecule has 19 heavy (non-hydrogen) atoms. The molecule has 0 aliphatic rings. The minimum absolute atomic E-state index is 0.258. The van der Waals surface area contributed by atoms with E-state index in [0.717, 1.165) is 12.8 Å². The summed E-state index contributed by atoms with van der Waals surface area (Å²) in [6.07, 6.45) is 20.5. The van der Waals surface area contributed by atoms with Crippen LogP contribution in [0.25, 0.3) is 0 Å². The van der Waals surface area contributed by atoms with Crippen molar-refractivity contribution in [2.75, 3.05) is 7.11 Å². The molecule has 0 unspecified atom stereocenters. The number of rotatable bonds is 12. The van der Waals surface area contributed by atoms with Crippen LogP contribution < -0.4 is 0 Å². The van der Waals surface area contributed by atoms with E-state index in [-0.39, 0.29) is 5.97 Å². The molecule has 0 aromatic carbocycles. The van der Waals surface area contributed by atoms with Gasteiger partial charge in [0.05, 0.1) is 7.11 Å². The number of methoxy groups -OCH3 is 1. The number of unbranched alkanes of at least 4 members (excludes halogenated alkanes) is 8. The average Bonchev–Trinajstić information content (AvgIpc) is 2.43. The van der Waals surface area contributed by atoms with Gasteiger partial charge in [0.1, 0.15) is 0 Å². The minimum atomic E-state index is -0.258. The van der Waals surface area contributed by atoms with Crippen molar-refractivity contribution in [3.8, 4) is 0 Å². The van der Waals surface area contributed by atoms with E-state index in [0.29, 0.717) is 0 Å². The number of allylic oxidation sites excluding steroid dienone is 3. The molecule has 0 heterocycles. The molecule has 2 heteroatoms. The highest BCUT2D eigenvalue weighted by atomic mass is 16.5. The van der Waals surface area contributed by atoms with E-state index in [1.165, 1.54) is 64.6 Å². The summed E-state index contributed by atoms with van der Waals surface area (Å²) in [6.45, 7) is 2.25. The molecule has 0 atom stereocenters. The van der Waals surface area contributed by atoms with Crippen LogP contribution in [-0.4, -0.2) is 13.1 Å². The van der Waals surface area contributed by atoms with E-state index in [2.05, 4.69) is 23.8 Å². The lowest BCUT2D eigenvalue weighted by Gasteiger charge is -1.96. The third kappa shape index (κ3) is 14.9. The second-order valence-electron chi connectivity index (χ2n) is 4.88. The van der Waals surface area contributed by atoms with Crippen LogP contribution in [0, 0.1) is 0 Å². The molecular formula is C17H30O2. The molecule has 110 valence electrons. The molecule has 0 saturated carbocycles. The second kappa shape index (κ2) is 15.0. The lowest BCUT2D eigenvalue weighted by Crippen LogP contribution is -1.93. The number of ether oxygens (including phenoxy) is 1. The van der Waals surface area contributed by atoms with Crippen LogP contribution in [0.5, 0.6) is 0 Å². The van der Waals surface area contributed by atoms with Gasteiger partial charge in [-0.2, -0.15) is 0 Å². The summed E-state index contributed by atoms with van der Waals surface area (Å²) in [4.78, 5) is 10.8. The molecule has 2 nitrogen and oxygen atoms in total. The second-order valence-corrected chi connectivity index (χ2v) is 4.88. The molecule has 0 aliphatic carbocycles. The van der Waals surface area contributed by atoms with Crippen molar-refractivity contribution < 1.29 is 9.53 Å². The molecule has 0 rings (SSSR count). The lowest BCUT2D eigenvalue weighted by atomic mass is 10.1. The van der Waals surface area contributed by atoms with E-state index >= 15 is 0 Å². The van der Waals surface area contributed by atoms with Gasteiger partial charge in [-0.25, -0.2) is 4.79 Å². The van der Waals surface area contributed by atoms with Gasteiger partial charge in [0.25, 0.3) is 0 Å². The van der Waals surface area contributed by atoms with Crippen molar-refractivity contribution >= 4 is 5.97 Å². The Hall–Kier alpha value is -1.05. The van der Waals surface area contributed by atoms with Crippen molar-refractivity contribution in [2.24, 2.45) is 0 Å². The van der Waals surface area contributed by atoms with E-state index in [1.54, 1.807) is 0 Å². The fourth-order valence-corrected chi connectivity index (χ4v) is 1.87. The van der Waals surface area contributed by atoms with E-state index in [4.69, 9.17) is 0 Å². The Balaban J connectivity index is 3.20. The van der Waals surface area contributed by atoms with Crippen LogP contribution >= 0.6 is 0 Å². The topological polar surface area (TPSA) is 26.3 Å². The van der Waals surface area contributed by atoms with Crippen molar-refractivity contribution in [3.63, 3.8) is 0 Å². The van der Waals surface area contributed by atoms with Crippen molar-refractivity contribution in [3.05, 3.63) is 24.3 Å². The molecule has 0 aromatic heterocycles. The Morgan fingerprint density at radius 1 is 0.842 bits per heavy atom. The standard InChI is InChI=1S/C17H30O2/c1-3-4-5-6-7-8-9-10-11-12-13-14-15-16-17(18)19-2/h8-9,15-16H,3-7,10-14H2,1-2H3/b9-8-,16-15+. The summed E-state index contributed by atoms with van der Waals surface area (Å²) in [5.41, 5.74) is 0. The van der Waals surface area contributed by atoms with Gasteiger partial charge in [0.2, 0.25) is 0 Å². The van der Waals surface area contributed by atoms with Crippen LogP contribution in [0.15, 0.2) is 24.3 Å². The van der Waals surface area contributed by atoms with Gasteiger partial charge >= 0.3 is 5.97 Å². The third-order valence-electron chi connectivity index (χ3n) is 3.09. The summed E-state index contributed by atoms with van der Waals surface area (Å²) >= 11 is 0. The van der Waals surface area contributed by atoms with Crippen LogP contribution in [0.1, 0.15) is 71.1 Å². The van der Waals surface area contributed by atoms with Gasteiger partial charge in [0, 0.05) is 6.08 Å². The number of hydrogen-bond donors (Lipinski definition) is 0. The van der Waals surface area contributed by atoms with Crippen molar-refractivity contribution in [1.29, 1.82) is 0 Å². The molecule has 0 radical (unpaired) electrons. The molecular weight excluding hydrogens is 236 g/mol. The predicted molar refractivity (Wildman–Crippen MR) is 82.1 cm³/mol. The monoisotopic (exact) mass is 266 g/mol. The van der Waals surface area contributed by atoms with Crippen molar-refractivity contribution in [2.45, 2.75) is 71.1 Å². The number of carbonyl (C=O) groups excluding carboxylic acids is 1. The first-order valence-corrected chi connectivity index (χ1v) is 7.70. The van der Waals surface area contributed by atoms with Gasteiger partial charge < -0.3 is 4.74 Å². The molecule has 0 aliphatic heterocycles. The van der Waals surface area contributed by atoms with Gasteiger partial charge in [-0.15, -0.1) is 0 Å². The van der Waals surface area contributed by atoms with E-state index in [9.17, 15) is 4.79 Å². The Kier molecular flexibility index (Phi) is 14.2. The maximum atomic E-state index is 10.8. The smallest absolute Gasteiger partial charge is 0.330 e. The lowest BCUT2D eigenvalue weighted by molar-refractivity contribution is -0.134. The summed E-state index contributed by atoms with van der Waals surface area (Å²) in [5, 5.41) is 0. The van der Waals surface area contributed by atoms with Gasteiger partial charge in [0.15, 0.2) is 0 Å². The van der Waals surface area contributed by atoms with E-state index in [1.807, 2.05) is 6.08 Å². The first-order valence-electron chi connectivity index (χ1n) is 7.70. The first kappa shape index (κ1) is 17.9. The summed E-state index contributed by atoms with van der Waals surface area (Å²) in [5.74, 6) is -0.258. The van der Waals surface area contributed by atoms with Crippen LogP contribution in [0.2, 0.25) is 0 Å². The zero-order valence-electron chi connectivity index (χ0n) is 12.7. The summed E-state index contributed by atoms with van der Waals surface area (Å²) in [6, 6.07) is 0. The Labute approximate surface area is 118 Å². The highest BCUT2D eigenvalue weighted by Gasteiger charge is 1.90. The van der Waals surface area contributed by atoms with Crippen LogP contribution in [-0.2, 0) is 9.53 Å². The largest absolute Gasteiger partial charge is 0.466 e. The van der Waals surface area contributed by atoms with Crippen LogP contribution in [0.4, 0.5) is 0 Å². The fourth-order valence-electron chi connectivity index (χ4n) is 1.87. The first-order chi connectivity index (χ1) is 9.31. The minimum Gasteiger partial charge on any atom is -0.466 e. The Bertz CT molecular complexity index is 254. The zero-order valence-corrected chi connectivity index (χ0v) is 12.7. The predicted octanol–water partition coefficient (Wildman–Crippen LogP) is 5.19. The normalized spacial score (nSPS) is 11.5. The Morgan fingerprint density at radius 3 is 1.89 bits per heavy atom. The number of carbonyl (C=O) groups is 1. The molecule has 0 fully saturated rings. The van der Waals surface area contributed by atoms with E-state index < -0.39 is 0 Å². The molecule has 0 aromatic rings. The zero-order chi connectivity index (χ0) is 14.2. The molecule has 0 N–H and O–H groups in total. The fraction of sp³-hybridized carbons (Fsp3) is 0.706. The number of esters is 1. The molecule has 0 amide bonds. The quantitative estimate of drug-likeness (QED) is 0.210. The Morgan fingerprint density at radius 2 is 1.37 bits per heavy atom. The van der Waals surface area contributed by atoms with Gasteiger partial charge in [-0.1, -0.05) is 50.8 Å². The van der Waals surface area contributed by atoms with Gasteiger partial charge in [-0.05, 0) is 38.5 Å². The molecule has 0 bridgehead atoms. The average molecular weight is 266 g/mol. The van der Waals surface area contributed by atoms with Gasteiger partial charge in [-0.3, -0.25) is 0 Å².